The van der Waals surface area contributed by atoms with Crippen LogP contribution in [0.3, 0.4) is 0 Å². The first-order valence-corrected chi connectivity index (χ1v) is 5.73. The monoisotopic (exact) mass is 242 g/mol. The highest BCUT2D eigenvalue weighted by atomic mass is 35.5. The number of hydrogen-bond donors (Lipinski definition) is 2. The molecule has 0 amide bonds. The molecule has 0 aliphatic carbocycles. The van der Waals surface area contributed by atoms with Gasteiger partial charge in [0.05, 0.1) is 7.11 Å². The van der Waals surface area contributed by atoms with Crippen molar-refractivity contribution in [2.75, 3.05) is 19.0 Å². The summed E-state index contributed by atoms with van der Waals surface area (Å²) in [5, 5.41) is 12.6. The average Bonchev–Trinajstić information content (AvgIpc) is 2.27. The molecule has 0 radical (unpaired) electrons. The predicted octanol–water partition coefficient (Wildman–Crippen LogP) is 1.85. The highest BCUT2D eigenvalue weighted by Crippen LogP contribution is 2.33. The van der Waals surface area contributed by atoms with E-state index in [9.17, 15) is 0 Å². The summed E-state index contributed by atoms with van der Waals surface area (Å²) >= 11 is 5.90. The SMILES string of the molecule is COc1cc(Cl)nc2c1CC[C@H](CCO)N2. The average molecular weight is 243 g/mol. The molecule has 1 aliphatic rings. The first-order valence-electron chi connectivity index (χ1n) is 5.35. The summed E-state index contributed by atoms with van der Waals surface area (Å²) in [6.45, 7) is 0.185. The number of nitrogens with one attached hydrogen (secondary N) is 1. The van der Waals surface area contributed by atoms with E-state index in [0.717, 1.165) is 36.4 Å². The first-order chi connectivity index (χ1) is 7.74. The highest BCUT2D eigenvalue weighted by Gasteiger charge is 2.22. The number of aliphatic hydroxyl groups is 1. The summed E-state index contributed by atoms with van der Waals surface area (Å²) in [6.07, 6.45) is 2.61. The molecule has 2 heterocycles. The van der Waals surface area contributed by atoms with E-state index in [4.69, 9.17) is 21.4 Å². The van der Waals surface area contributed by atoms with Crippen molar-refractivity contribution in [3.63, 3.8) is 0 Å². The molecule has 16 heavy (non-hydrogen) atoms. The molecule has 1 aromatic rings. The largest absolute Gasteiger partial charge is 0.496 e. The topological polar surface area (TPSA) is 54.4 Å². The molecule has 88 valence electrons. The number of fused-ring (bicyclic) bond motifs is 1. The van der Waals surface area contributed by atoms with E-state index >= 15 is 0 Å². The molecule has 0 aromatic carbocycles. The molecular weight excluding hydrogens is 228 g/mol. The van der Waals surface area contributed by atoms with Crippen molar-refractivity contribution in [3.05, 3.63) is 16.8 Å². The summed E-state index contributed by atoms with van der Waals surface area (Å²) in [5.41, 5.74) is 1.07. The van der Waals surface area contributed by atoms with Crippen molar-refractivity contribution in [2.45, 2.75) is 25.3 Å². The number of ether oxygens (including phenoxy) is 1. The summed E-state index contributed by atoms with van der Waals surface area (Å²) in [4.78, 5) is 4.25. The maximum atomic E-state index is 8.91. The minimum atomic E-state index is 0.185. The standard InChI is InChI=1S/C11H15ClN2O2/c1-16-9-6-10(12)14-11-8(9)3-2-7(13-11)4-5-15/h6-7,15H,2-5H2,1H3,(H,13,14)/t7-/m1/s1. The van der Waals surface area contributed by atoms with E-state index in [1.54, 1.807) is 13.2 Å². The molecule has 1 atom stereocenters. The van der Waals surface area contributed by atoms with E-state index in [-0.39, 0.29) is 12.6 Å². The van der Waals surface area contributed by atoms with Gasteiger partial charge in [0.25, 0.3) is 0 Å². The van der Waals surface area contributed by atoms with Gasteiger partial charge >= 0.3 is 0 Å². The van der Waals surface area contributed by atoms with E-state index in [0.29, 0.717) is 5.15 Å². The van der Waals surface area contributed by atoms with E-state index in [2.05, 4.69) is 10.3 Å². The van der Waals surface area contributed by atoms with Gasteiger partial charge in [-0.05, 0) is 19.3 Å². The van der Waals surface area contributed by atoms with Crippen molar-refractivity contribution in [1.29, 1.82) is 0 Å². The van der Waals surface area contributed by atoms with Crippen LogP contribution in [0, 0.1) is 0 Å². The lowest BCUT2D eigenvalue weighted by molar-refractivity contribution is 0.275. The third-order valence-electron chi connectivity index (χ3n) is 2.83. The van der Waals surface area contributed by atoms with Crippen molar-refractivity contribution in [1.82, 2.24) is 4.98 Å². The van der Waals surface area contributed by atoms with Crippen LogP contribution < -0.4 is 10.1 Å². The minimum absolute atomic E-state index is 0.185. The number of aliphatic hydroxyl groups excluding tert-OH is 1. The van der Waals surface area contributed by atoms with Crippen molar-refractivity contribution in [2.24, 2.45) is 0 Å². The third kappa shape index (κ3) is 2.23. The zero-order valence-corrected chi connectivity index (χ0v) is 9.92. The molecule has 2 N–H and O–H groups in total. The van der Waals surface area contributed by atoms with Crippen LogP contribution in [0.5, 0.6) is 5.75 Å². The Morgan fingerprint density at radius 1 is 1.69 bits per heavy atom. The molecule has 1 aliphatic heterocycles. The Hall–Kier alpha value is -1.00. The predicted molar refractivity (Wildman–Crippen MR) is 63.2 cm³/mol. The lowest BCUT2D eigenvalue weighted by Crippen LogP contribution is -2.27. The molecular formula is C11H15ClN2O2. The Kier molecular flexibility index (Phi) is 3.51. The summed E-state index contributed by atoms with van der Waals surface area (Å²) in [5.74, 6) is 1.57. The summed E-state index contributed by atoms with van der Waals surface area (Å²) in [7, 11) is 1.63. The van der Waals surface area contributed by atoms with Crippen LogP contribution in [0.2, 0.25) is 5.15 Å². The Bertz CT molecular complexity index is 384. The molecule has 0 unspecified atom stereocenters. The Balaban J connectivity index is 2.27. The van der Waals surface area contributed by atoms with E-state index in [1.807, 2.05) is 0 Å². The van der Waals surface area contributed by atoms with Crippen LogP contribution in [-0.2, 0) is 6.42 Å². The number of pyridine rings is 1. The second kappa shape index (κ2) is 4.89. The molecule has 0 bridgehead atoms. The van der Waals surface area contributed by atoms with Crippen LogP contribution in [0.4, 0.5) is 5.82 Å². The van der Waals surface area contributed by atoms with Gasteiger partial charge in [-0.3, -0.25) is 0 Å². The molecule has 0 fully saturated rings. The van der Waals surface area contributed by atoms with Gasteiger partial charge in [-0.1, -0.05) is 11.6 Å². The fourth-order valence-corrected chi connectivity index (χ4v) is 2.20. The number of hydrogen-bond acceptors (Lipinski definition) is 4. The lowest BCUT2D eigenvalue weighted by Gasteiger charge is -2.26. The fraction of sp³-hybridized carbons (Fsp3) is 0.545. The van der Waals surface area contributed by atoms with Crippen LogP contribution in [0.25, 0.3) is 0 Å². The third-order valence-corrected chi connectivity index (χ3v) is 3.03. The maximum absolute atomic E-state index is 8.91. The number of nitrogens with zero attached hydrogens (tertiary/aromatic N) is 1. The van der Waals surface area contributed by atoms with Gasteiger partial charge in [-0.2, -0.15) is 0 Å². The fourth-order valence-electron chi connectivity index (χ4n) is 2.02. The Labute approximate surface area is 99.6 Å². The number of methoxy groups -OCH3 is 1. The van der Waals surface area contributed by atoms with Crippen LogP contribution in [-0.4, -0.2) is 29.8 Å². The minimum Gasteiger partial charge on any atom is -0.496 e. The quantitative estimate of drug-likeness (QED) is 0.795. The van der Waals surface area contributed by atoms with Crippen LogP contribution in [0.15, 0.2) is 6.07 Å². The number of anilines is 1. The highest BCUT2D eigenvalue weighted by molar-refractivity contribution is 6.29. The molecule has 1 aromatic heterocycles. The van der Waals surface area contributed by atoms with Crippen molar-refractivity contribution < 1.29 is 9.84 Å². The normalized spacial score (nSPS) is 18.8. The van der Waals surface area contributed by atoms with Gasteiger partial charge in [-0.15, -0.1) is 0 Å². The Morgan fingerprint density at radius 3 is 3.19 bits per heavy atom. The molecule has 0 spiro atoms. The second-order valence-corrected chi connectivity index (χ2v) is 4.25. The van der Waals surface area contributed by atoms with E-state index < -0.39 is 0 Å². The van der Waals surface area contributed by atoms with Gasteiger partial charge in [0.1, 0.15) is 16.7 Å². The zero-order valence-electron chi connectivity index (χ0n) is 9.16. The molecule has 4 nitrogen and oxygen atoms in total. The summed E-state index contributed by atoms with van der Waals surface area (Å²) in [6, 6.07) is 2.00. The van der Waals surface area contributed by atoms with Crippen molar-refractivity contribution >= 4 is 17.4 Å². The van der Waals surface area contributed by atoms with Gasteiger partial charge in [-0.25, -0.2) is 4.98 Å². The maximum Gasteiger partial charge on any atom is 0.135 e. The second-order valence-electron chi connectivity index (χ2n) is 3.87. The van der Waals surface area contributed by atoms with Gasteiger partial charge < -0.3 is 15.2 Å². The van der Waals surface area contributed by atoms with Crippen molar-refractivity contribution in [3.8, 4) is 5.75 Å². The van der Waals surface area contributed by atoms with Crippen LogP contribution >= 0.6 is 11.6 Å². The number of aromatic nitrogens is 1. The summed E-state index contributed by atoms with van der Waals surface area (Å²) < 4.78 is 5.27. The van der Waals surface area contributed by atoms with Crippen LogP contribution in [0.1, 0.15) is 18.4 Å². The molecule has 5 heteroatoms. The first kappa shape index (κ1) is 11.5. The van der Waals surface area contributed by atoms with Gasteiger partial charge in [0.15, 0.2) is 0 Å². The Morgan fingerprint density at radius 2 is 2.50 bits per heavy atom. The smallest absolute Gasteiger partial charge is 0.135 e. The number of rotatable bonds is 3. The van der Waals surface area contributed by atoms with Gasteiger partial charge in [0, 0.05) is 24.3 Å². The van der Waals surface area contributed by atoms with Gasteiger partial charge in [0.2, 0.25) is 0 Å². The lowest BCUT2D eigenvalue weighted by atomic mass is 9.98. The van der Waals surface area contributed by atoms with E-state index in [1.165, 1.54) is 0 Å². The molecule has 0 saturated carbocycles. The zero-order chi connectivity index (χ0) is 11.5. The molecule has 0 saturated heterocycles. The molecule has 2 rings (SSSR count). The number of halogens is 1.